The van der Waals surface area contributed by atoms with E-state index in [0.29, 0.717) is 11.5 Å². The summed E-state index contributed by atoms with van der Waals surface area (Å²) in [6.07, 6.45) is 0. The fraction of sp³-hybridized carbons (Fsp3) is 0.692. The van der Waals surface area contributed by atoms with E-state index in [4.69, 9.17) is 55.5 Å². The van der Waals surface area contributed by atoms with Gasteiger partial charge in [-0.1, -0.05) is 60.3 Å². The highest BCUT2D eigenvalue weighted by Crippen LogP contribution is 2.45. The topological polar surface area (TPSA) is 69.7 Å². The minimum atomic E-state index is -3.53. The molecule has 0 heterocycles. The smallest absolute Gasteiger partial charge is 0.307 e. The highest BCUT2D eigenvalue weighted by molar-refractivity contribution is 7.86. The van der Waals surface area contributed by atoms with Crippen LogP contribution in [-0.4, -0.2) is 50.3 Å². The first-order valence-corrected chi connectivity index (χ1v) is 13.5. The van der Waals surface area contributed by atoms with E-state index in [2.05, 4.69) is 0 Å². The van der Waals surface area contributed by atoms with Crippen LogP contribution >= 0.6 is 54.0 Å². The number of halogens is 4. The van der Waals surface area contributed by atoms with E-state index >= 15 is 0 Å². The van der Waals surface area contributed by atoms with Gasteiger partial charge in [0.25, 0.3) is 0 Å². The van der Waals surface area contributed by atoms with Gasteiger partial charge in [-0.2, -0.15) is 0 Å². The Labute approximate surface area is 173 Å². The minimum Gasteiger partial charge on any atom is -0.307 e. The second kappa shape index (κ2) is 13.3. The molecule has 148 valence electrons. The van der Waals surface area contributed by atoms with E-state index in [-0.39, 0.29) is 23.3 Å². The van der Waals surface area contributed by atoms with Crippen LogP contribution in [0.25, 0.3) is 0 Å². The number of rotatable bonds is 12. The summed E-state index contributed by atoms with van der Waals surface area (Å²) in [4.78, 5) is 0. The van der Waals surface area contributed by atoms with Crippen LogP contribution in [0.5, 0.6) is 0 Å². The van der Waals surface area contributed by atoms with Crippen LogP contribution in [0.4, 0.5) is 0 Å². The maximum Gasteiger partial charge on any atom is 0.327 e. The zero-order valence-electron chi connectivity index (χ0n) is 14.0. The standard InChI is InChI=1S/C13H21Cl4O5PS2/c1-4-24(19)12(10(16)6-14)8-21-23(3,18)22-9-13(11(17)7-15)25(20)5-2/h6-7,12-13H,4-5,8-9H2,1-3H3. The largest absolute Gasteiger partial charge is 0.327 e. The van der Waals surface area contributed by atoms with Gasteiger partial charge in [0.15, 0.2) is 0 Å². The molecule has 0 fully saturated rings. The lowest BCUT2D eigenvalue weighted by atomic mass is 10.4. The molecule has 0 spiro atoms. The quantitative estimate of drug-likeness (QED) is 0.367. The third-order valence-electron chi connectivity index (χ3n) is 2.95. The summed E-state index contributed by atoms with van der Waals surface area (Å²) in [5.41, 5.74) is 2.19. The van der Waals surface area contributed by atoms with E-state index in [1.165, 1.54) is 6.66 Å². The molecule has 0 saturated heterocycles. The molecular weight excluding hydrogens is 473 g/mol. The van der Waals surface area contributed by atoms with Crippen molar-refractivity contribution in [2.45, 2.75) is 24.3 Å². The highest BCUT2D eigenvalue weighted by atomic mass is 35.5. The third kappa shape index (κ3) is 9.72. The molecular formula is C13H21Cl4O5PS2. The van der Waals surface area contributed by atoms with Crippen molar-refractivity contribution in [1.82, 2.24) is 0 Å². The summed E-state index contributed by atoms with van der Waals surface area (Å²) < 4.78 is 47.0. The predicted octanol–water partition coefficient (Wildman–Crippen LogP) is 4.75. The molecule has 0 aromatic rings. The van der Waals surface area contributed by atoms with Crippen molar-refractivity contribution in [3.8, 4) is 0 Å². The first-order valence-electron chi connectivity index (χ1n) is 7.15. The van der Waals surface area contributed by atoms with Crippen molar-refractivity contribution in [1.29, 1.82) is 0 Å². The minimum absolute atomic E-state index is 0.139. The van der Waals surface area contributed by atoms with E-state index in [1.807, 2.05) is 0 Å². The molecule has 0 aliphatic rings. The van der Waals surface area contributed by atoms with Crippen molar-refractivity contribution >= 4 is 75.6 Å². The second-order valence-electron chi connectivity index (χ2n) is 4.67. The Morgan fingerprint density at radius 1 is 0.960 bits per heavy atom. The van der Waals surface area contributed by atoms with Gasteiger partial charge < -0.3 is 9.05 Å². The Balaban J connectivity index is 4.94. The first kappa shape index (κ1) is 26.1. The van der Waals surface area contributed by atoms with Crippen LogP contribution in [0, 0.1) is 0 Å². The zero-order valence-corrected chi connectivity index (χ0v) is 19.5. The van der Waals surface area contributed by atoms with Gasteiger partial charge in [0, 0.05) is 60.9 Å². The third-order valence-corrected chi connectivity index (χ3v) is 9.07. The fourth-order valence-corrected chi connectivity index (χ4v) is 5.72. The van der Waals surface area contributed by atoms with Gasteiger partial charge in [0.05, 0.1) is 23.7 Å². The van der Waals surface area contributed by atoms with Crippen LogP contribution in [0.3, 0.4) is 0 Å². The molecule has 5 nitrogen and oxygen atoms in total. The molecule has 0 rings (SSSR count). The van der Waals surface area contributed by atoms with Gasteiger partial charge in [0.1, 0.15) is 0 Å². The molecule has 0 saturated carbocycles. The lowest BCUT2D eigenvalue weighted by Crippen LogP contribution is -2.25. The highest BCUT2D eigenvalue weighted by Gasteiger charge is 2.28. The van der Waals surface area contributed by atoms with Crippen LogP contribution in [0.2, 0.25) is 0 Å². The number of hydrogen-bond acceptors (Lipinski definition) is 5. The monoisotopic (exact) mass is 492 g/mol. The number of hydrogen-bond donors (Lipinski definition) is 0. The second-order valence-corrected chi connectivity index (χ2v) is 11.9. The summed E-state index contributed by atoms with van der Waals surface area (Å²) in [6.45, 7) is 4.29. The van der Waals surface area contributed by atoms with Gasteiger partial charge in [-0.3, -0.25) is 13.0 Å². The predicted molar refractivity (Wildman–Crippen MR) is 110 cm³/mol. The average molecular weight is 494 g/mol. The zero-order chi connectivity index (χ0) is 19.6. The van der Waals surface area contributed by atoms with Gasteiger partial charge in [-0.15, -0.1) is 0 Å². The lowest BCUT2D eigenvalue weighted by molar-refractivity contribution is 0.216. The Morgan fingerprint density at radius 3 is 1.52 bits per heavy atom. The van der Waals surface area contributed by atoms with Crippen LogP contribution in [0.1, 0.15) is 13.8 Å². The molecule has 4 unspecified atom stereocenters. The van der Waals surface area contributed by atoms with Crippen molar-refractivity contribution in [2.24, 2.45) is 0 Å². The average Bonchev–Trinajstić information content (AvgIpc) is 2.60. The lowest BCUT2D eigenvalue weighted by Gasteiger charge is -2.21. The summed E-state index contributed by atoms with van der Waals surface area (Å²) >= 11 is 23.0. The molecule has 0 aliphatic heterocycles. The maximum atomic E-state index is 12.4. The normalized spacial score (nSPS) is 20.6. The molecule has 0 N–H and O–H groups in total. The SMILES string of the molecule is CCS(=O)C(COP(C)(=O)OCC(C(Cl)=CCl)S(=O)CC)C(Cl)=CCl. The van der Waals surface area contributed by atoms with Crippen molar-refractivity contribution < 1.29 is 22.0 Å². The van der Waals surface area contributed by atoms with Crippen molar-refractivity contribution in [2.75, 3.05) is 31.4 Å². The van der Waals surface area contributed by atoms with Crippen LogP contribution < -0.4 is 0 Å². The maximum absolute atomic E-state index is 12.4. The Bertz CT molecular complexity index is 539. The Kier molecular flexibility index (Phi) is 13.9. The molecule has 0 amide bonds. The van der Waals surface area contributed by atoms with E-state index in [1.54, 1.807) is 13.8 Å². The molecule has 12 heteroatoms. The molecule has 0 radical (unpaired) electrons. The fourth-order valence-electron chi connectivity index (χ4n) is 1.55. The van der Waals surface area contributed by atoms with Crippen LogP contribution in [-0.2, 0) is 35.2 Å². The van der Waals surface area contributed by atoms with E-state index in [0.717, 1.165) is 11.1 Å². The molecule has 0 bridgehead atoms. The Hall–Kier alpha value is 1.09. The molecule has 0 aromatic heterocycles. The van der Waals surface area contributed by atoms with Gasteiger partial charge in [-0.25, -0.2) is 0 Å². The molecule has 0 aromatic carbocycles. The summed E-state index contributed by atoms with van der Waals surface area (Å²) in [5, 5.41) is -1.15. The van der Waals surface area contributed by atoms with Gasteiger partial charge >= 0.3 is 7.60 Å². The molecule has 25 heavy (non-hydrogen) atoms. The van der Waals surface area contributed by atoms with Crippen molar-refractivity contribution in [3.05, 3.63) is 21.1 Å². The Morgan fingerprint density at radius 2 is 1.28 bits per heavy atom. The van der Waals surface area contributed by atoms with Crippen molar-refractivity contribution in [3.63, 3.8) is 0 Å². The van der Waals surface area contributed by atoms with E-state index in [9.17, 15) is 13.0 Å². The molecule has 4 atom stereocenters. The molecule has 0 aliphatic carbocycles. The van der Waals surface area contributed by atoms with Crippen LogP contribution in [0.15, 0.2) is 21.1 Å². The first-order chi connectivity index (χ1) is 11.6. The van der Waals surface area contributed by atoms with E-state index < -0.39 is 39.7 Å². The van der Waals surface area contributed by atoms with Gasteiger partial charge in [-0.05, 0) is 0 Å². The summed E-state index contributed by atoms with van der Waals surface area (Å²) in [6, 6.07) is 0. The summed E-state index contributed by atoms with van der Waals surface area (Å²) in [7, 11) is -6.21. The summed E-state index contributed by atoms with van der Waals surface area (Å²) in [5.74, 6) is 0.662. The van der Waals surface area contributed by atoms with Gasteiger partial charge in [0.2, 0.25) is 0 Å².